The molecule has 0 fully saturated rings. The van der Waals surface area contributed by atoms with Crippen molar-refractivity contribution >= 4 is 5.69 Å². The number of rotatable bonds is 3. The lowest BCUT2D eigenvalue weighted by atomic mass is 10.1. The fourth-order valence-electron chi connectivity index (χ4n) is 1.20. The van der Waals surface area contributed by atoms with Crippen LogP contribution < -0.4 is 5.73 Å². The molecule has 2 N–H and O–H groups in total. The Balaban J connectivity index is 2.94. The number of nitro benzene ring substituents is 1. The first-order chi connectivity index (χ1) is 6.50. The number of hydrogen-bond donors (Lipinski definition) is 1. The summed E-state index contributed by atoms with van der Waals surface area (Å²) in [4.78, 5) is 9.55. The fourth-order valence-corrected chi connectivity index (χ4v) is 1.20. The van der Waals surface area contributed by atoms with Gasteiger partial charge < -0.3 is 5.73 Å². The second-order valence-corrected chi connectivity index (χ2v) is 3.22. The third-order valence-electron chi connectivity index (χ3n) is 1.77. The van der Waals surface area contributed by atoms with E-state index in [-0.39, 0.29) is 6.04 Å². The van der Waals surface area contributed by atoms with Gasteiger partial charge in [0.25, 0.3) is 0 Å². The van der Waals surface area contributed by atoms with Gasteiger partial charge >= 0.3 is 5.69 Å². The van der Waals surface area contributed by atoms with Gasteiger partial charge in [-0.2, -0.15) is 4.39 Å². The van der Waals surface area contributed by atoms with Crippen molar-refractivity contribution in [3.8, 4) is 0 Å². The van der Waals surface area contributed by atoms with Crippen LogP contribution in [-0.4, -0.2) is 11.0 Å². The summed E-state index contributed by atoms with van der Waals surface area (Å²) < 4.78 is 13.1. The van der Waals surface area contributed by atoms with Crippen LogP contribution in [0.1, 0.15) is 12.5 Å². The highest BCUT2D eigenvalue weighted by Crippen LogP contribution is 2.18. The zero-order valence-corrected chi connectivity index (χ0v) is 7.74. The molecule has 0 radical (unpaired) electrons. The number of nitrogens with two attached hydrogens (primary N) is 1. The quantitative estimate of drug-likeness (QED) is 0.592. The molecule has 0 bridgehead atoms. The Hall–Kier alpha value is -1.49. The molecule has 0 aliphatic heterocycles. The molecule has 0 saturated heterocycles. The molecule has 0 heterocycles. The summed E-state index contributed by atoms with van der Waals surface area (Å²) in [6, 6.07) is 3.75. The van der Waals surface area contributed by atoms with Gasteiger partial charge in [-0.1, -0.05) is 6.07 Å². The molecule has 0 unspecified atom stereocenters. The smallest absolute Gasteiger partial charge is 0.304 e. The Labute approximate surface area is 80.7 Å². The minimum absolute atomic E-state index is 0.0872. The largest absolute Gasteiger partial charge is 0.328 e. The first kappa shape index (κ1) is 10.6. The van der Waals surface area contributed by atoms with Gasteiger partial charge in [0.15, 0.2) is 0 Å². The van der Waals surface area contributed by atoms with Gasteiger partial charge in [0.05, 0.1) is 4.92 Å². The van der Waals surface area contributed by atoms with Crippen LogP contribution in [0.3, 0.4) is 0 Å². The zero-order chi connectivity index (χ0) is 10.7. The standard InChI is InChI=1S/C9H11FN2O2/c1-6(11)4-7-2-3-9(12(13)14)8(10)5-7/h2-3,5-6H,4,11H2,1H3/t6-/m0/s1. The van der Waals surface area contributed by atoms with Crippen molar-refractivity contribution in [3.63, 3.8) is 0 Å². The number of benzene rings is 1. The van der Waals surface area contributed by atoms with Crippen molar-refractivity contribution < 1.29 is 9.31 Å². The summed E-state index contributed by atoms with van der Waals surface area (Å²) in [5.74, 6) is -0.812. The second kappa shape index (κ2) is 4.15. The average molecular weight is 198 g/mol. The Kier molecular flexibility index (Phi) is 3.14. The fraction of sp³-hybridized carbons (Fsp3) is 0.333. The SMILES string of the molecule is C[C@H](N)Cc1ccc([N+](=O)[O-])c(F)c1. The van der Waals surface area contributed by atoms with E-state index in [0.29, 0.717) is 12.0 Å². The topological polar surface area (TPSA) is 69.2 Å². The van der Waals surface area contributed by atoms with Crippen molar-refractivity contribution in [1.29, 1.82) is 0 Å². The van der Waals surface area contributed by atoms with E-state index in [2.05, 4.69) is 0 Å². The molecule has 0 spiro atoms. The molecular formula is C9H11FN2O2. The van der Waals surface area contributed by atoms with Crippen LogP contribution in [0.5, 0.6) is 0 Å². The van der Waals surface area contributed by atoms with E-state index in [9.17, 15) is 14.5 Å². The molecule has 14 heavy (non-hydrogen) atoms. The molecule has 5 heteroatoms. The van der Waals surface area contributed by atoms with Crippen LogP contribution in [0.25, 0.3) is 0 Å². The van der Waals surface area contributed by atoms with Crippen molar-refractivity contribution in [2.24, 2.45) is 5.73 Å². The minimum Gasteiger partial charge on any atom is -0.328 e. The molecular weight excluding hydrogens is 187 g/mol. The summed E-state index contributed by atoms with van der Waals surface area (Å²) in [7, 11) is 0. The molecule has 1 rings (SSSR count). The summed E-state index contributed by atoms with van der Waals surface area (Å²) >= 11 is 0. The third kappa shape index (κ3) is 2.50. The summed E-state index contributed by atoms with van der Waals surface area (Å²) in [5, 5.41) is 10.3. The van der Waals surface area contributed by atoms with Gasteiger partial charge in [0.1, 0.15) is 0 Å². The number of halogens is 1. The highest BCUT2D eigenvalue weighted by molar-refractivity contribution is 5.35. The van der Waals surface area contributed by atoms with E-state index >= 15 is 0 Å². The lowest BCUT2D eigenvalue weighted by Gasteiger charge is -2.04. The molecule has 0 aliphatic carbocycles. The van der Waals surface area contributed by atoms with Crippen molar-refractivity contribution in [2.45, 2.75) is 19.4 Å². The normalized spacial score (nSPS) is 12.5. The maximum atomic E-state index is 13.1. The van der Waals surface area contributed by atoms with E-state index in [1.807, 2.05) is 0 Å². The van der Waals surface area contributed by atoms with Gasteiger partial charge in [-0.25, -0.2) is 0 Å². The molecule has 0 saturated carbocycles. The lowest BCUT2D eigenvalue weighted by Crippen LogP contribution is -2.17. The molecule has 0 amide bonds. The van der Waals surface area contributed by atoms with Crippen molar-refractivity contribution in [2.75, 3.05) is 0 Å². The number of hydrogen-bond acceptors (Lipinski definition) is 3. The van der Waals surface area contributed by atoms with Gasteiger partial charge in [-0.3, -0.25) is 10.1 Å². The molecule has 0 aliphatic rings. The minimum atomic E-state index is -0.812. The summed E-state index contributed by atoms with van der Waals surface area (Å²) in [6.07, 6.45) is 0.509. The summed E-state index contributed by atoms with van der Waals surface area (Å²) in [6.45, 7) is 1.79. The Bertz CT molecular complexity index is 353. The van der Waals surface area contributed by atoms with Gasteiger partial charge in [-0.05, 0) is 25.0 Å². The van der Waals surface area contributed by atoms with Crippen LogP contribution in [0, 0.1) is 15.9 Å². The highest BCUT2D eigenvalue weighted by atomic mass is 19.1. The molecule has 1 atom stereocenters. The van der Waals surface area contributed by atoms with Crippen LogP contribution >= 0.6 is 0 Å². The number of nitrogens with zero attached hydrogens (tertiary/aromatic N) is 1. The molecule has 1 aromatic carbocycles. The maximum Gasteiger partial charge on any atom is 0.304 e. The predicted molar refractivity (Wildman–Crippen MR) is 50.4 cm³/mol. The van der Waals surface area contributed by atoms with Crippen LogP contribution in [0.15, 0.2) is 18.2 Å². The Morgan fingerprint density at radius 1 is 1.64 bits per heavy atom. The highest BCUT2D eigenvalue weighted by Gasteiger charge is 2.13. The van der Waals surface area contributed by atoms with Crippen LogP contribution in [0.4, 0.5) is 10.1 Å². The second-order valence-electron chi connectivity index (χ2n) is 3.22. The van der Waals surface area contributed by atoms with Crippen LogP contribution in [0.2, 0.25) is 0 Å². The first-order valence-electron chi connectivity index (χ1n) is 4.19. The van der Waals surface area contributed by atoms with E-state index in [4.69, 9.17) is 5.73 Å². The van der Waals surface area contributed by atoms with Crippen molar-refractivity contribution in [3.05, 3.63) is 39.7 Å². The molecule has 76 valence electrons. The molecule has 4 nitrogen and oxygen atoms in total. The van der Waals surface area contributed by atoms with E-state index < -0.39 is 16.4 Å². The van der Waals surface area contributed by atoms with E-state index in [1.54, 1.807) is 6.92 Å². The first-order valence-corrected chi connectivity index (χ1v) is 4.19. The third-order valence-corrected chi connectivity index (χ3v) is 1.77. The van der Waals surface area contributed by atoms with E-state index in [1.165, 1.54) is 6.07 Å². The summed E-state index contributed by atoms with van der Waals surface area (Å²) in [5.41, 5.74) is 5.68. The Morgan fingerprint density at radius 3 is 2.71 bits per heavy atom. The van der Waals surface area contributed by atoms with Crippen molar-refractivity contribution in [1.82, 2.24) is 0 Å². The maximum absolute atomic E-state index is 13.1. The lowest BCUT2D eigenvalue weighted by molar-refractivity contribution is -0.387. The Morgan fingerprint density at radius 2 is 2.29 bits per heavy atom. The zero-order valence-electron chi connectivity index (χ0n) is 7.74. The monoisotopic (exact) mass is 198 g/mol. The average Bonchev–Trinajstić information content (AvgIpc) is 2.01. The van der Waals surface area contributed by atoms with Gasteiger partial charge in [0.2, 0.25) is 5.82 Å². The van der Waals surface area contributed by atoms with Crippen LogP contribution in [-0.2, 0) is 6.42 Å². The predicted octanol–water partition coefficient (Wildman–Crippen LogP) is 1.62. The number of nitro groups is 1. The van der Waals surface area contributed by atoms with E-state index in [0.717, 1.165) is 12.1 Å². The molecule has 0 aromatic heterocycles. The molecule has 1 aromatic rings. The van der Waals surface area contributed by atoms with Gasteiger partial charge in [-0.15, -0.1) is 0 Å². The van der Waals surface area contributed by atoms with Gasteiger partial charge in [0, 0.05) is 12.1 Å².